The zero-order valence-electron chi connectivity index (χ0n) is 16.9. The topological polar surface area (TPSA) is 96.3 Å². The molecule has 0 N–H and O–H groups in total. The van der Waals surface area contributed by atoms with Gasteiger partial charge in [-0.1, -0.05) is 23.7 Å². The van der Waals surface area contributed by atoms with Crippen LogP contribution in [-0.4, -0.2) is 53.0 Å². The molecule has 2 aliphatic rings. The first-order valence-corrected chi connectivity index (χ1v) is 9.47. The quantitative estimate of drug-likeness (QED) is 0.535. The number of hydrogen-bond acceptors (Lipinski definition) is 7. The lowest BCUT2D eigenvalue weighted by atomic mass is 9.92. The fraction of sp³-hybridized carbons (Fsp3) is 0.450. The number of benzene rings is 1. The summed E-state index contributed by atoms with van der Waals surface area (Å²) in [5, 5.41) is 5.92. The average Bonchev–Trinajstić information content (AvgIpc) is 3.14. The van der Waals surface area contributed by atoms with E-state index in [0.29, 0.717) is 5.56 Å². The molecule has 1 aromatic carbocycles. The van der Waals surface area contributed by atoms with Crippen molar-refractivity contribution in [3.8, 4) is 0 Å². The van der Waals surface area contributed by atoms with Gasteiger partial charge in [0.05, 0.1) is 23.4 Å². The van der Waals surface area contributed by atoms with Crippen molar-refractivity contribution in [3.63, 3.8) is 0 Å². The van der Waals surface area contributed by atoms with Crippen LogP contribution in [0.15, 0.2) is 23.3 Å². The molecule has 0 saturated carbocycles. The molecule has 2 aliphatic heterocycles. The summed E-state index contributed by atoms with van der Waals surface area (Å²) in [7, 11) is 1.18. The van der Waals surface area contributed by atoms with Crippen molar-refractivity contribution in [1.82, 2.24) is 5.01 Å². The number of carbonyl (C=O) groups excluding carboxylic acids is 4. The molecule has 0 radical (unpaired) electrons. The molecule has 0 aromatic heterocycles. The minimum atomic E-state index is -1.13. The van der Waals surface area contributed by atoms with Gasteiger partial charge >= 0.3 is 5.97 Å². The number of hydrazone groups is 1. The van der Waals surface area contributed by atoms with Gasteiger partial charge in [0.2, 0.25) is 5.91 Å². The molecule has 0 bridgehead atoms. The molecular formula is C20H22ClN3O5. The fourth-order valence-electron chi connectivity index (χ4n) is 3.93. The molecule has 0 spiro atoms. The number of hydrogen-bond donors (Lipinski definition) is 0. The van der Waals surface area contributed by atoms with Crippen LogP contribution in [0, 0.1) is 12.8 Å². The summed E-state index contributed by atoms with van der Waals surface area (Å²) in [5.41, 5.74) is -0.0897. The van der Waals surface area contributed by atoms with E-state index in [1.165, 1.54) is 19.0 Å². The van der Waals surface area contributed by atoms with E-state index in [4.69, 9.17) is 16.3 Å². The molecule has 8 nitrogen and oxygen atoms in total. The van der Waals surface area contributed by atoms with Gasteiger partial charge in [-0.25, -0.2) is 9.69 Å². The molecule has 1 saturated heterocycles. The fourth-order valence-corrected chi connectivity index (χ4v) is 4.14. The van der Waals surface area contributed by atoms with Crippen molar-refractivity contribution in [3.05, 3.63) is 28.8 Å². The number of Topliss-reactive ketones (excluding diaryl/α,β-unsaturated/α-hetero) is 1. The standard InChI is InChI=1S/C20H22ClN3O5/c1-10-7-6-8-12(14(10)21)23-17(26)13-15(19(28)29-5)22-24(16(13)18(23)27)20(3,4)9-11(2)25/h6-8,13,16H,9H2,1-5H3. The predicted molar refractivity (Wildman–Crippen MR) is 107 cm³/mol. The Kier molecular flexibility index (Phi) is 5.25. The third-order valence-corrected chi connectivity index (χ3v) is 5.65. The van der Waals surface area contributed by atoms with E-state index in [9.17, 15) is 19.2 Å². The van der Waals surface area contributed by atoms with Gasteiger partial charge in [-0.05, 0) is 39.3 Å². The Hall–Kier alpha value is -2.74. The second kappa shape index (κ2) is 7.26. The number of nitrogens with zero attached hydrogens (tertiary/aromatic N) is 3. The third kappa shape index (κ3) is 3.31. The number of aryl methyl sites for hydroxylation is 1. The van der Waals surface area contributed by atoms with E-state index in [2.05, 4.69) is 5.10 Å². The van der Waals surface area contributed by atoms with Gasteiger partial charge in [0.25, 0.3) is 5.91 Å². The summed E-state index contributed by atoms with van der Waals surface area (Å²) < 4.78 is 4.78. The summed E-state index contributed by atoms with van der Waals surface area (Å²) in [6, 6.07) is 3.98. The van der Waals surface area contributed by atoms with E-state index >= 15 is 0 Å². The summed E-state index contributed by atoms with van der Waals surface area (Å²) in [5.74, 6) is -3.18. The Morgan fingerprint density at radius 3 is 2.48 bits per heavy atom. The number of halogens is 1. The van der Waals surface area contributed by atoms with Crippen molar-refractivity contribution in [2.75, 3.05) is 12.0 Å². The van der Waals surface area contributed by atoms with Gasteiger partial charge in [0.1, 0.15) is 17.7 Å². The lowest BCUT2D eigenvalue weighted by Crippen LogP contribution is -2.50. The molecule has 2 heterocycles. The molecule has 3 rings (SSSR count). The summed E-state index contributed by atoms with van der Waals surface area (Å²) in [6.07, 6.45) is 0.0842. The number of fused-ring (bicyclic) bond motifs is 1. The van der Waals surface area contributed by atoms with Crippen molar-refractivity contribution in [2.45, 2.75) is 45.7 Å². The third-order valence-electron chi connectivity index (χ3n) is 5.16. The zero-order valence-corrected chi connectivity index (χ0v) is 17.6. The molecule has 154 valence electrons. The molecule has 2 amide bonds. The molecule has 2 atom stereocenters. The zero-order chi connectivity index (χ0) is 21.7. The van der Waals surface area contributed by atoms with Gasteiger partial charge in [-0.3, -0.25) is 19.4 Å². The Balaban J connectivity index is 2.12. The lowest BCUT2D eigenvalue weighted by Gasteiger charge is -2.36. The molecule has 1 fully saturated rings. The van der Waals surface area contributed by atoms with Gasteiger partial charge in [-0.2, -0.15) is 5.10 Å². The van der Waals surface area contributed by atoms with E-state index in [1.54, 1.807) is 39.0 Å². The first-order valence-electron chi connectivity index (χ1n) is 9.09. The molecule has 1 aromatic rings. The van der Waals surface area contributed by atoms with Crippen LogP contribution in [0.5, 0.6) is 0 Å². The minimum Gasteiger partial charge on any atom is -0.464 e. The highest BCUT2D eigenvalue weighted by Gasteiger charge is 2.61. The van der Waals surface area contributed by atoms with Gasteiger partial charge in [0.15, 0.2) is 5.71 Å². The van der Waals surface area contributed by atoms with Gasteiger partial charge in [-0.15, -0.1) is 0 Å². The molecular weight excluding hydrogens is 398 g/mol. The number of esters is 1. The van der Waals surface area contributed by atoms with Crippen LogP contribution >= 0.6 is 11.6 Å². The van der Waals surface area contributed by atoms with E-state index in [-0.39, 0.29) is 28.6 Å². The maximum Gasteiger partial charge on any atom is 0.355 e. The maximum atomic E-state index is 13.4. The second-order valence-electron chi connectivity index (χ2n) is 7.86. The largest absolute Gasteiger partial charge is 0.464 e. The van der Waals surface area contributed by atoms with Gasteiger partial charge in [0, 0.05) is 6.42 Å². The van der Waals surface area contributed by atoms with Crippen molar-refractivity contribution >= 4 is 46.6 Å². The minimum absolute atomic E-state index is 0.0842. The van der Waals surface area contributed by atoms with E-state index in [0.717, 1.165) is 4.90 Å². The molecule has 2 unspecified atom stereocenters. The van der Waals surface area contributed by atoms with Crippen LogP contribution in [0.4, 0.5) is 5.69 Å². The van der Waals surface area contributed by atoms with Crippen molar-refractivity contribution in [2.24, 2.45) is 11.0 Å². The highest BCUT2D eigenvalue weighted by molar-refractivity contribution is 6.47. The van der Waals surface area contributed by atoms with Crippen LogP contribution in [0.2, 0.25) is 5.02 Å². The predicted octanol–water partition coefficient (Wildman–Crippen LogP) is 2.11. The van der Waals surface area contributed by atoms with Crippen LogP contribution in [0.25, 0.3) is 0 Å². The summed E-state index contributed by atoms with van der Waals surface area (Å²) in [4.78, 5) is 51.7. The highest BCUT2D eigenvalue weighted by atomic mass is 35.5. The monoisotopic (exact) mass is 419 g/mol. The molecule has 0 aliphatic carbocycles. The molecule has 29 heavy (non-hydrogen) atoms. The first-order chi connectivity index (χ1) is 13.5. The SMILES string of the molecule is COC(=O)C1=NN(C(C)(C)CC(C)=O)C2C(=O)N(c3cccc(C)c3Cl)C(=O)C12. The van der Waals surface area contributed by atoms with Gasteiger partial charge < -0.3 is 4.74 Å². The van der Waals surface area contributed by atoms with Crippen LogP contribution in [0.1, 0.15) is 32.8 Å². The maximum absolute atomic E-state index is 13.4. The lowest BCUT2D eigenvalue weighted by molar-refractivity contribution is -0.133. The number of methoxy groups -OCH3 is 1. The Bertz CT molecular complexity index is 955. The number of ether oxygens (including phenoxy) is 1. The summed E-state index contributed by atoms with van der Waals surface area (Å²) in [6.45, 7) is 6.66. The number of anilines is 1. The Labute approximate surface area is 173 Å². The number of imide groups is 1. The average molecular weight is 420 g/mol. The highest BCUT2D eigenvalue weighted by Crippen LogP contribution is 2.41. The number of ketones is 1. The summed E-state index contributed by atoms with van der Waals surface area (Å²) >= 11 is 6.36. The Morgan fingerprint density at radius 1 is 1.24 bits per heavy atom. The van der Waals surface area contributed by atoms with Crippen LogP contribution in [-0.2, 0) is 23.9 Å². The van der Waals surface area contributed by atoms with Crippen molar-refractivity contribution in [1.29, 1.82) is 0 Å². The van der Waals surface area contributed by atoms with Crippen LogP contribution in [0.3, 0.4) is 0 Å². The smallest absolute Gasteiger partial charge is 0.355 e. The normalized spacial score (nSPS) is 21.4. The van der Waals surface area contributed by atoms with E-state index in [1.807, 2.05) is 0 Å². The first kappa shape index (κ1) is 21.0. The van der Waals surface area contributed by atoms with Crippen LogP contribution < -0.4 is 4.90 Å². The number of carbonyl (C=O) groups is 4. The van der Waals surface area contributed by atoms with E-state index < -0.39 is 35.3 Å². The Morgan fingerprint density at radius 2 is 1.90 bits per heavy atom. The molecule has 9 heteroatoms. The second-order valence-corrected chi connectivity index (χ2v) is 8.23. The van der Waals surface area contributed by atoms with Crippen molar-refractivity contribution < 1.29 is 23.9 Å². The number of amides is 2. The number of rotatable bonds is 5.